The SMILES string of the molecule is C=C(C)/C=C\c1c(NC(=O)N2c3nc(C(=O)NC[C@@H](N)C(F)(F)F)ccc3N3CC[C@H]2C3)n[nH]c1C. The van der Waals surface area contributed by atoms with Crippen molar-refractivity contribution >= 4 is 35.3 Å². The van der Waals surface area contributed by atoms with E-state index >= 15 is 0 Å². The van der Waals surface area contributed by atoms with Gasteiger partial charge in [0, 0.05) is 30.9 Å². The maximum Gasteiger partial charge on any atom is 0.405 e. The van der Waals surface area contributed by atoms with Crippen LogP contribution in [0, 0.1) is 6.92 Å². The highest BCUT2D eigenvalue weighted by Gasteiger charge is 2.41. The number of rotatable bonds is 6. The van der Waals surface area contributed by atoms with Crippen molar-refractivity contribution in [1.82, 2.24) is 20.5 Å². The van der Waals surface area contributed by atoms with Crippen molar-refractivity contribution in [3.63, 3.8) is 0 Å². The van der Waals surface area contributed by atoms with Crippen molar-refractivity contribution in [2.75, 3.05) is 34.8 Å². The largest absolute Gasteiger partial charge is 0.405 e. The van der Waals surface area contributed by atoms with E-state index in [0.717, 1.165) is 11.3 Å². The van der Waals surface area contributed by atoms with Gasteiger partial charge in [-0.25, -0.2) is 9.78 Å². The van der Waals surface area contributed by atoms with Gasteiger partial charge >= 0.3 is 12.2 Å². The number of pyridine rings is 1. The summed E-state index contributed by atoms with van der Waals surface area (Å²) in [5.41, 5.74) is 7.88. The zero-order valence-electron chi connectivity index (χ0n) is 19.8. The van der Waals surface area contributed by atoms with Crippen LogP contribution in [-0.2, 0) is 0 Å². The molecule has 2 bridgehead atoms. The van der Waals surface area contributed by atoms with Crippen molar-refractivity contribution in [2.45, 2.75) is 38.5 Å². The third-order valence-electron chi connectivity index (χ3n) is 6.06. The summed E-state index contributed by atoms with van der Waals surface area (Å²) >= 11 is 0. The summed E-state index contributed by atoms with van der Waals surface area (Å²) < 4.78 is 38.1. The lowest BCUT2D eigenvalue weighted by Crippen LogP contribution is -2.49. The minimum absolute atomic E-state index is 0.121. The second-order valence-corrected chi connectivity index (χ2v) is 8.88. The molecule has 192 valence electrons. The van der Waals surface area contributed by atoms with Crippen molar-refractivity contribution in [1.29, 1.82) is 0 Å². The molecule has 4 rings (SSSR count). The van der Waals surface area contributed by atoms with Gasteiger partial charge in [0.15, 0.2) is 11.6 Å². The predicted molar refractivity (Wildman–Crippen MR) is 130 cm³/mol. The number of fused-ring (bicyclic) bond motifs is 4. The molecule has 0 radical (unpaired) electrons. The van der Waals surface area contributed by atoms with E-state index in [1.165, 1.54) is 11.0 Å². The molecule has 0 spiro atoms. The summed E-state index contributed by atoms with van der Waals surface area (Å²) in [6, 6.07) is 0.177. The average molecular weight is 505 g/mol. The number of aryl methyl sites for hydroxylation is 1. The first kappa shape index (κ1) is 25.2. The molecule has 2 aromatic heterocycles. The van der Waals surface area contributed by atoms with Gasteiger partial charge < -0.3 is 16.0 Å². The van der Waals surface area contributed by atoms with Crippen molar-refractivity contribution < 1.29 is 22.8 Å². The van der Waals surface area contributed by atoms with Crippen molar-refractivity contribution in [2.24, 2.45) is 5.73 Å². The minimum Gasteiger partial charge on any atom is -0.366 e. The van der Waals surface area contributed by atoms with Crippen LogP contribution < -0.4 is 26.2 Å². The number of halogens is 3. The van der Waals surface area contributed by atoms with E-state index in [1.807, 2.05) is 13.8 Å². The van der Waals surface area contributed by atoms with E-state index in [1.54, 1.807) is 18.2 Å². The molecule has 0 aliphatic carbocycles. The second kappa shape index (κ2) is 9.64. The lowest BCUT2D eigenvalue weighted by molar-refractivity contribution is -0.146. The molecule has 5 N–H and O–H groups in total. The zero-order chi connectivity index (χ0) is 26.2. The Morgan fingerprint density at radius 2 is 2.14 bits per heavy atom. The zero-order valence-corrected chi connectivity index (χ0v) is 19.8. The summed E-state index contributed by atoms with van der Waals surface area (Å²) in [7, 11) is 0. The summed E-state index contributed by atoms with van der Waals surface area (Å²) in [6.45, 7) is 8.00. The van der Waals surface area contributed by atoms with Gasteiger partial charge in [0.2, 0.25) is 0 Å². The van der Waals surface area contributed by atoms with Gasteiger partial charge in [-0.2, -0.15) is 18.3 Å². The molecule has 36 heavy (non-hydrogen) atoms. The van der Waals surface area contributed by atoms with Crippen LogP contribution in [0.5, 0.6) is 0 Å². The fourth-order valence-electron chi connectivity index (χ4n) is 4.13. The normalized spacial score (nSPS) is 17.8. The van der Waals surface area contributed by atoms with E-state index in [2.05, 4.69) is 37.3 Å². The number of nitrogens with two attached hydrogens (primary N) is 1. The number of aromatic nitrogens is 3. The lowest BCUT2D eigenvalue weighted by Gasteiger charge is -2.35. The smallest absolute Gasteiger partial charge is 0.366 e. The quantitative estimate of drug-likeness (QED) is 0.447. The first-order valence-corrected chi connectivity index (χ1v) is 11.3. The van der Waals surface area contributed by atoms with E-state index in [0.29, 0.717) is 36.6 Å². The Labute approximate surface area is 205 Å². The maximum absolute atomic E-state index is 13.4. The van der Waals surface area contributed by atoms with Crippen LogP contribution >= 0.6 is 0 Å². The monoisotopic (exact) mass is 504 g/mol. The number of hydrogen-bond donors (Lipinski definition) is 4. The molecule has 0 saturated carbocycles. The molecule has 0 unspecified atom stereocenters. The van der Waals surface area contributed by atoms with Gasteiger partial charge in [-0.15, -0.1) is 0 Å². The first-order valence-electron chi connectivity index (χ1n) is 11.3. The fraction of sp³-hybridized carbons (Fsp3) is 0.391. The minimum atomic E-state index is -4.64. The fourth-order valence-corrected chi connectivity index (χ4v) is 4.13. The van der Waals surface area contributed by atoms with Crippen LogP contribution in [0.15, 0.2) is 30.4 Å². The van der Waals surface area contributed by atoms with E-state index in [-0.39, 0.29) is 17.6 Å². The molecule has 1 saturated heterocycles. The Bertz CT molecular complexity index is 1220. The van der Waals surface area contributed by atoms with Crippen LogP contribution in [-0.4, -0.2) is 65.0 Å². The van der Waals surface area contributed by atoms with E-state index in [9.17, 15) is 22.8 Å². The van der Waals surface area contributed by atoms with E-state index in [4.69, 9.17) is 5.73 Å². The number of urea groups is 1. The molecule has 4 heterocycles. The summed E-state index contributed by atoms with van der Waals surface area (Å²) in [4.78, 5) is 33.9. The van der Waals surface area contributed by atoms with Gasteiger partial charge in [0.1, 0.15) is 11.7 Å². The van der Waals surface area contributed by atoms with Gasteiger partial charge in [-0.1, -0.05) is 18.2 Å². The Morgan fingerprint density at radius 3 is 2.83 bits per heavy atom. The summed E-state index contributed by atoms with van der Waals surface area (Å²) in [5.74, 6) is -0.242. The van der Waals surface area contributed by atoms with E-state index < -0.39 is 30.7 Å². The van der Waals surface area contributed by atoms with Crippen LogP contribution in [0.25, 0.3) is 6.08 Å². The molecule has 10 nitrogen and oxygen atoms in total. The highest BCUT2D eigenvalue weighted by Crippen LogP contribution is 2.39. The van der Waals surface area contributed by atoms with Gasteiger partial charge in [-0.3, -0.25) is 20.1 Å². The van der Waals surface area contributed by atoms with Crippen molar-refractivity contribution in [3.05, 3.63) is 47.3 Å². The Kier molecular flexibility index (Phi) is 6.76. The van der Waals surface area contributed by atoms with Gasteiger partial charge in [0.25, 0.3) is 5.91 Å². The van der Waals surface area contributed by atoms with Crippen LogP contribution in [0.2, 0.25) is 0 Å². The third kappa shape index (κ3) is 5.05. The van der Waals surface area contributed by atoms with Crippen molar-refractivity contribution in [3.8, 4) is 0 Å². The molecular formula is C23H27F3N8O2. The molecule has 3 amide bonds. The highest BCUT2D eigenvalue weighted by molar-refractivity contribution is 6.05. The standard InChI is InChI=1S/C23H27F3N8O2/c1-12(2)4-5-15-13(3)31-32-19(15)30-22(36)34-14-8-9-33(11-14)17-7-6-16(29-20(17)34)21(35)28-10-18(27)23(24,25)26/h4-7,14,18H,1,8-11,27H2,2-3H3,(H,28,35)(H2,30,31,32,36)/b5-4-/t14-,18+/m0/s1. The van der Waals surface area contributed by atoms with Crippen LogP contribution in [0.1, 0.15) is 35.1 Å². The number of carbonyl (C=O) groups excluding carboxylic acids is 2. The number of allylic oxidation sites excluding steroid dienone is 2. The lowest BCUT2D eigenvalue weighted by atomic mass is 10.1. The molecule has 0 aromatic carbocycles. The number of hydrogen-bond acceptors (Lipinski definition) is 6. The third-order valence-corrected chi connectivity index (χ3v) is 6.06. The molecule has 2 aromatic rings. The Balaban J connectivity index is 1.59. The highest BCUT2D eigenvalue weighted by atomic mass is 19.4. The Hall–Kier alpha value is -3.87. The number of alkyl halides is 3. The average Bonchev–Trinajstić information content (AvgIpc) is 3.38. The predicted octanol–water partition coefficient (Wildman–Crippen LogP) is 2.95. The molecule has 2 aliphatic heterocycles. The molecular weight excluding hydrogens is 477 g/mol. The van der Waals surface area contributed by atoms with Crippen LogP contribution in [0.4, 0.5) is 35.3 Å². The topological polar surface area (TPSA) is 132 Å². The van der Waals surface area contributed by atoms with Gasteiger partial charge in [-0.05, 0) is 38.5 Å². The summed E-state index contributed by atoms with van der Waals surface area (Å²) in [5, 5.41) is 12.0. The number of anilines is 3. The number of nitrogens with zero attached hydrogens (tertiary/aromatic N) is 4. The second-order valence-electron chi connectivity index (χ2n) is 8.88. The Morgan fingerprint density at radius 1 is 1.39 bits per heavy atom. The first-order chi connectivity index (χ1) is 17.0. The molecule has 2 atom stereocenters. The number of nitrogens with one attached hydrogen (secondary N) is 3. The number of H-pyrrole nitrogens is 1. The molecule has 1 fully saturated rings. The number of aromatic amines is 1. The maximum atomic E-state index is 13.4. The number of amides is 3. The van der Waals surface area contributed by atoms with Gasteiger partial charge in [0.05, 0.1) is 11.7 Å². The van der Waals surface area contributed by atoms with Crippen LogP contribution in [0.3, 0.4) is 0 Å². The number of carbonyl (C=O) groups is 2. The summed E-state index contributed by atoms with van der Waals surface area (Å²) in [6.07, 6.45) is -0.352. The molecule has 2 aliphatic rings. The molecule has 13 heteroatoms.